The zero-order valence-corrected chi connectivity index (χ0v) is 15.1. The third-order valence-electron chi connectivity index (χ3n) is 4.18. The van der Waals surface area contributed by atoms with Crippen LogP contribution in [-0.4, -0.2) is 16.0 Å². The van der Waals surface area contributed by atoms with Gasteiger partial charge >= 0.3 is 0 Å². The summed E-state index contributed by atoms with van der Waals surface area (Å²) in [5.41, 5.74) is 2.97. The molecule has 124 valence electrons. The summed E-state index contributed by atoms with van der Waals surface area (Å²) in [5.74, 6) is 0.665. The van der Waals surface area contributed by atoms with E-state index in [2.05, 4.69) is 15.5 Å². The van der Waals surface area contributed by atoms with E-state index in [9.17, 15) is 4.79 Å². The first kappa shape index (κ1) is 15.5. The Hall–Kier alpha value is -1.99. The molecular formula is C17H17N3O2S2. The van der Waals surface area contributed by atoms with E-state index in [0.717, 1.165) is 40.4 Å². The molecule has 0 bridgehead atoms. The summed E-state index contributed by atoms with van der Waals surface area (Å²) in [5, 5.41) is 7.63. The number of carbonyl (C=O) groups excluding carboxylic acids is 1. The molecule has 0 spiro atoms. The van der Waals surface area contributed by atoms with E-state index in [1.807, 2.05) is 26.0 Å². The zero-order valence-electron chi connectivity index (χ0n) is 13.5. The Kier molecular flexibility index (Phi) is 3.97. The Morgan fingerprint density at radius 3 is 2.79 bits per heavy atom. The number of thiazole rings is 1. The van der Waals surface area contributed by atoms with Gasteiger partial charge in [0.2, 0.25) is 0 Å². The number of rotatable bonds is 3. The third kappa shape index (κ3) is 2.78. The van der Waals surface area contributed by atoms with Gasteiger partial charge in [0.25, 0.3) is 5.91 Å². The molecule has 1 amide bonds. The van der Waals surface area contributed by atoms with Crippen molar-refractivity contribution in [1.29, 1.82) is 0 Å². The second-order valence-corrected chi connectivity index (χ2v) is 8.08. The van der Waals surface area contributed by atoms with Gasteiger partial charge in [0.15, 0.2) is 5.13 Å². The monoisotopic (exact) mass is 359 g/mol. The number of nitrogens with one attached hydrogen (secondary N) is 1. The van der Waals surface area contributed by atoms with E-state index in [-0.39, 0.29) is 5.91 Å². The van der Waals surface area contributed by atoms with Gasteiger partial charge in [0, 0.05) is 9.75 Å². The summed E-state index contributed by atoms with van der Waals surface area (Å²) in [6.45, 7) is 3.79. The molecule has 0 atom stereocenters. The van der Waals surface area contributed by atoms with Crippen molar-refractivity contribution in [3.8, 4) is 10.4 Å². The number of aromatic nitrogens is 2. The number of thiophene rings is 1. The van der Waals surface area contributed by atoms with Crippen molar-refractivity contribution in [2.24, 2.45) is 0 Å². The number of fused-ring (bicyclic) bond motifs is 1. The lowest BCUT2D eigenvalue weighted by atomic mass is 10.0. The summed E-state index contributed by atoms with van der Waals surface area (Å²) < 4.78 is 5.21. The van der Waals surface area contributed by atoms with E-state index >= 15 is 0 Å². The Morgan fingerprint density at radius 1 is 1.21 bits per heavy atom. The first-order valence-corrected chi connectivity index (χ1v) is 9.58. The van der Waals surface area contributed by atoms with Gasteiger partial charge in [-0.05, 0) is 51.7 Å². The lowest BCUT2D eigenvalue weighted by Crippen LogP contribution is -2.09. The molecule has 24 heavy (non-hydrogen) atoms. The molecule has 0 saturated carbocycles. The van der Waals surface area contributed by atoms with Crippen LogP contribution in [0.1, 0.15) is 44.5 Å². The average molecular weight is 359 g/mol. The van der Waals surface area contributed by atoms with Crippen LogP contribution in [-0.2, 0) is 12.8 Å². The highest BCUT2D eigenvalue weighted by Crippen LogP contribution is 2.34. The summed E-state index contributed by atoms with van der Waals surface area (Å²) in [6.07, 6.45) is 4.51. The molecule has 3 aromatic heterocycles. The molecule has 1 aliphatic carbocycles. The Morgan fingerprint density at radius 2 is 2.04 bits per heavy atom. The van der Waals surface area contributed by atoms with Gasteiger partial charge in [0.1, 0.15) is 5.76 Å². The van der Waals surface area contributed by atoms with Crippen LogP contribution in [0, 0.1) is 13.8 Å². The van der Waals surface area contributed by atoms with Crippen molar-refractivity contribution >= 4 is 33.7 Å². The van der Waals surface area contributed by atoms with E-state index in [0.29, 0.717) is 10.0 Å². The largest absolute Gasteiger partial charge is 0.361 e. The first-order chi connectivity index (χ1) is 11.6. The first-order valence-electron chi connectivity index (χ1n) is 7.95. The predicted molar refractivity (Wildman–Crippen MR) is 96.0 cm³/mol. The number of anilines is 1. The lowest BCUT2D eigenvalue weighted by molar-refractivity contribution is 0.103. The second-order valence-electron chi connectivity index (χ2n) is 5.91. The zero-order chi connectivity index (χ0) is 16.7. The van der Waals surface area contributed by atoms with Gasteiger partial charge in [-0.2, -0.15) is 0 Å². The van der Waals surface area contributed by atoms with Crippen molar-refractivity contribution in [2.75, 3.05) is 5.32 Å². The maximum atomic E-state index is 12.5. The number of amides is 1. The lowest BCUT2D eigenvalue weighted by Gasteiger charge is -2.06. The van der Waals surface area contributed by atoms with Gasteiger partial charge in [-0.15, -0.1) is 22.7 Å². The fourth-order valence-electron chi connectivity index (χ4n) is 2.99. The fraction of sp³-hybridized carbons (Fsp3) is 0.353. The van der Waals surface area contributed by atoms with Crippen LogP contribution < -0.4 is 5.32 Å². The molecule has 1 N–H and O–H groups in total. The number of carbonyl (C=O) groups is 1. The molecule has 3 aromatic rings. The van der Waals surface area contributed by atoms with Gasteiger partial charge in [0.05, 0.1) is 21.8 Å². The minimum atomic E-state index is -0.107. The molecule has 0 unspecified atom stereocenters. The Labute approximate surface area is 147 Å². The molecular weight excluding hydrogens is 342 g/mol. The van der Waals surface area contributed by atoms with Crippen LogP contribution in [0.2, 0.25) is 0 Å². The fourth-order valence-corrected chi connectivity index (χ4v) is 5.08. The molecule has 5 nitrogen and oxygen atoms in total. The molecule has 0 fully saturated rings. The van der Waals surface area contributed by atoms with Crippen LogP contribution in [0.25, 0.3) is 10.4 Å². The standard InChI is InChI=1S/C17H17N3O2S2/c1-9-15(10(2)22-20-9)13-7-8-14(23-13)16(21)19-17-18-11-5-3-4-6-12(11)24-17/h7-8H,3-6H2,1-2H3,(H,18,19,21). The number of nitrogens with zero attached hydrogens (tertiary/aromatic N) is 2. The van der Waals surface area contributed by atoms with Gasteiger partial charge in [-0.1, -0.05) is 5.16 Å². The maximum Gasteiger partial charge on any atom is 0.267 e. The molecule has 0 saturated heterocycles. The van der Waals surface area contributed by atoms with Crippen molar-refractivity contribution in [2.45, 2.75) is 39.5 Å². The van der Waals surface area contributed by atoms with E-state index in [1.54, 1.807) is 11.3 Å². The molecule has 0 radical (unpaired) electrons. The van der Waals surface area contributed by atoms with Crippen LogP contribution in [0.3, 0.4) is 0 Å². The highest BCUT2D eigenvalue weighted by atomic mass is 32.1. The topological polar surface area (TPSA) is 68.0 Å². The molecule has 0 aromatic carbocycles. The average Bonchev–Trinajstić information content (AvgIpc) is 3.25. The SMILES string of the molecule is Cc1noc(C)c1-c1ccc(C(=O)Nc2nc3c(s2)CCCC3)s1. The van der Waals surface area contributed by atoms with E-state index in [4.69, 9.17) is 4.52 Å². The smallest absolute Gasteiger partial charge is 0.267 e. The molecule has 4 rings (SSSR count). The molecule has 1 aliphatic rings. The number of hydrogen-bond donors (Lipinski definition) is 1. The second kappa shape index (κ2) is 6.14. The third-order valence-corrected chi connectivity index (χ3v) is 6.35. The summed E-state index contributed by atoms with van der Waals surface area (Å²) in [7, 11) is 0. The van der Waals surface area contributed by atoms with Crippen LogP contribution >= 0.6 is 22.7 Å². The Bertz CT molecular complexity index is 864. The van der Waals surface area contributed by atoms with Crippen LogP contribution in [0.4, 0.5) is 5.13 Å². The van der Waals surface area contributed by atoms with Crippen LogP contribution in [0.5, 0.6) is 0 Å². The number of aryl methyl sites for hydroxylation is 4. The van der Waals surface area contributed by atoms with E-state index in [1.165, 1.54) is 29.1 Å². The minimum Gasteiger partial charge on any atom is -0.361 e. The summed E-state index contributed by atoms with van der Waals surface area (Å²) >= 11 is 3.05. The van der Waals surface area contributed by atoms with Crippen molar-refractivity contribution in [1.82, 2.24) is 10.1 Å². The van der Waals surface area contributed by atoms with Crippen LogP contribution in [0.15, 0.2) is 16.7 Å². The minimum absolute atomic E-state index is 0.107. The highest BCUT2D eigenvalue weighted by Gasteiger charge is 2.19. The summed E-state index contributed by atoms with van der Waals surface area (Å²) in [4.78, 5) is 20.1. The highest BCUT2D eigenvalue weighted by molar-refractivity contribution is 7.18. The molecule has 3 heterocycles. The predicted octanol–water partition coefficient (Wildman–Crippen LogP) is 4.61. The number of hydrogen-bond acceptors (Lipinski definition) is 6. The maximum absolute atomic E-state index is 12.5. The Balaban J connectivity index is 1.54. The van der Waals surface area contributed by atoms with Gasteiger partial charge < -0.3 is 4.52 Å². The molecule has 0 aliphatic heterocycles. The summed E-state index contributed by atoms with van der Waals surface area (Å²) in [6, 6.07) is 3.79. The van der Waals surface area contributed by atoms with Crippen molar-refractivity contribution in [3.05, 3.63) is 39.0 Å². The van der Waals surface area contributed by atoms with Gasteiger partial charge in [-0.3, -0.25) is 10.1 Å². The van der Waals surface area contributed by atoms with Gasteiger partial charge in [-0.25, -0.2) is 4.98 Å². The normalized spacial score (nSPS) is 13.8. The quantitative estimate of drug-likeness (QED) is 0.741. The van der Waals surface area contributed by atoms with E-state index < -0.39 is 0 Å². The molecule has 7 heteroatoms. The van der Waals surface area contributed by atoms with Crippen molar-refractivity contribution < 1.29 is 9.32 Å². The van der Waals surface area contributed by atoms with Crippen molar-refractivity contribution in [3.63, 3.8) is 0 Å².